The van der Waals surface area contributed by atoms with Crippen molar-refractivity contribution in [3.63, 3.8) is 0 Å². The van der Waals surface area contributed by atoms with Gasteiger partial charge in [-0.3, -0.25) is 4.79 Å². The molecule has 0 aromatic heterocycles. The highest BCUT2D eigenvalue weighted by molar-refractivity contribution is 5.76. The number of amides is 1. The summed E-state index contributed by atoms with van der Waals surface area (Å²) in [5.74, 6) is 2.43. The molecule has 0 radical (unpaired) electrons. The Kier molecular flexibility index (Phi) is 5.92. The Bertz CT molecular complexity index is 484. The molecule has 1 aliphatic carbocycles. The van der Waals surface area contributed by atoms with E-state index in [1.165, 1.54) is 25.7 Å². The number of hydrogen-bond donors (Lipinski definition) is 1. The standard InChI is InChI=1S/C17H25NO4/c1-20-14-8-13(9-15(21-2)17(14)22-3)11-18-16(19)10-12-6-4-5-7-12/h8-9,12H,4-7,10-11H2,1-3H3,(H,18,19). The number of carbonyl (C=O) groups is 1. The van der Waals surface area contributed by atoms with Gasteiger partial charge in [0.25, 0.3) is 0 Å². The van der Waals surface area contributed by atoms with Gasteiger partial charge in [0.15, 0.2) is 11.5 Å². The zero-order valence-corrected chi connectivity index (χ0v) is 13.6. The average Bonchev–Trinajstić information content (AvgIpc) is 3.04. The van der Waals surface area contributed by atoms with E-state index in [2.05, 4.69) is 5.32 Å². The van der Waals surface area contributed by atoms with E-state index in [0.717, 1.165) is 5.56 Å². The van der Waals surface area contributed by atoms with Gasteiger partial charge in [0.2, 0.25) is 11.7 Å². The van der Waals surface area contributed by atoms with Crippen molar-refractivity contribution in [2.75, 3.05) is 21.3 Å². The summed E-state index contributed by atoms with van der Waals surface area (Å²) in [7, 11) is 4.74. The molecule has 2 rings (SSSR count). The van der Waals surface area contributed by atoms with Crippen LogP contribution < -0.4 is 19.5 Å². The third kappa shape index (κ3) is 4.06. The van der Waals surface area contributed by atoms with Gasteiger partial charge in [-0.15, -0.1) is 0 Å². The van der Waals surface area contributed by atoms with Crippen LogP contribution in [0.2, 0.25) is 0 Å². The van der Waals surface area contributed by atoms with E-state index in [4.69, 9.17) is 14.2 Å². The second-order valence-corrected chi connectivity index (χ2v) is 5.66. The van der Waals surface area contributed by atoms with Gasteiger partial charge in [0.1, 0.15) is 0 Å². The van der Waals surface area contributed by atoms with Crippen LogP contribution in [0, 0.1) is 5.92 Å². The van der Waals surface area contributed by atoms with E-state index < -0.39 is 0 Å². The number of carbonyl (C=O) groups excluding carboxylic acids is 1. The summed E-state index contributed by atoms with van der Waals surface area (Å²) in [6.07, 6.45) is 5.50. The minimum Gasteiger partial charge on any atom is -0.493 e. The van der Waals surface area contributed by atoms with Crippen molar-refractivity contribution in [2.24, 2.45) is 5.92 Å². The summed E-state index contributed by atoms with van der Waals surface area (Å²) in [5, 5.41) is 2.98. The molecule has 1 fully saturated rings. The van der Waals surface area contributed by atoms with Gasteiger partial charge in [0.05, 0.1) is 21.3 Å². The molecule has 1 amide bonds. The fourth-order valence-corrected chi connectivity index (χ4v) is 2.99. The second kappa shape index (κ2) is 7.92. The maximum absolute atomic E-state index is 12.0. The van der Waals surface area contributed by atoms with Crippen LogP contribution in [0.1, 0.15) is 37.7 Å². The highest BCUT2D eigenvalue weighted by atomic mass is 16.5. The Morgan fingerprint density at radius 2 is 1.68 bits per heavy atom. The highest BCUT2D eigenvalue weighted by Gasteiger charge is 2.18. The van der Waals surface area contributed by atoms with Crippen molar-refractivity contribution in [1.29, 1.82) is 0 Å². The molecule has 1 aromatic rings. The monoisotopic (exact) mass is 307 g/mol. The molecular formula is C17H25NO4. The first-order valence-corrected chi connectivity index (χ1v) is 7.73. The van der Waals surface area contributed by atoms with Crippen molar-refractivity contribution < 1.29 is 19.0 Å². The molecular weight excluding hydrogens is 282 g/mol. The van der Waals surface area contributed by atoms with Gasteiger partial charge in [0, 0.05) is 13.0 Å². The van der Waals surface area contributed by atoms with E-state index in [9.17, 15) is 4.79 Å². The lowest BCUT2D eigenvalue weighted by Crippen LogP contribution is -2.24. The largest absolute Gasteiger partial charge is 0.493 e. The molecule has 0 saturated heterocycles. The SMILES string of the molecule is COc1cc(CNC(=O)CC2CCCC2)cc(OC)c1OC. The van der Waals surface area contributed by atoms with Crippen LogP contribution >= 0.6 is 0 Å². The molecule has 5 nitrogen and oxygen atoms in total. The maximum Gasteiger partial charge on any atom is 0.220 e. The van der Waals surface area contributed by atoms with Crippen molar-refractivity contribution in [2.45, 2.75) is 38.6 Å². The summed E-state index contributed by atoms with van der Waals surface area (Å²) in [6, 6.07) is 3.72. The molecule has 0 aliphatic heterocycles. The minimum absolute atomic E-state index is 0.112. The lowest BCUT2D eigenvalue weighted by molar-refractivity contribution is -0.122. The van der Waals surface area contributed by atoms with Gasteiger partial charge in [-0.1, -0.05) is 12.8 Å². The molecule has 0 unspecified atom stereocenters. The minimum atomic E-state index is 0.112. The first-order valence-electron chi connectivity index (χ1n) is 7.73. The first kappa shape index (κ1) is 16.5. The van der Waals surface area contributed by atoms with Crippen LogP contribution in [-0.4, -0.2) is 27.2 Å². The Morgan fingerprint density at radius 3 is 2.18 bits per heavy atom. The lowest BCUT2D eigenvalue weighted by Gasteiger charge is -2.15. The molecule has 0 bridgehead atoms. The van der Waals surface area contributed by atoms with Crippen LogP contribution in [-0.2, 0) is 11.3 Å². The summed E-state index contributed by atoms with van der Waals surface area (Å²) in [6.45, 7) is 0.461. The molecule has 22 heavy (non-hydrogen) atoms. The summed E-state index contributed by atoms with van der Waals surface area (Å²) >= 11 is 0. The molecule has 0 atom stereocenters. The third-order valence-corrected chi connectivity index (χ3v) is 4.16. The van der Waals surface area contributed by atoms with E-state index >= 15 is 0 Å². The highest BCUT2D eigenvalue weighted by Crippen LogP contribution is 2.38. The lowest BCUT2D eigenvalue weighted by atomic mass is 10.0. The molecule has 122 valence electrons. The topological polar surface area (TPSA) is 56.8 Å². The fraction of sp³-hybridized carbons (Fsp3) is 0.588. The van der Waals surface area contributed by atoms with Crippen LogP contribution in [0.15, 0.2) is 12.1 Å². The van der Waals surface area contributed by atoms with Crippen LogP contribution in [0.3, 0.4) is 0 Å². The normalized spacial score (nSPS) is 14.7. The van der Waals surface area contributed by atoms with Crippen molar-refractivity contribution in [1.82, 2.24) is 5.32 Å². The summed E-state index contributed by atoms with van der Waals surface area (Å²) in [5.41, 5.74) is 0.925. The van der Waals surface area contributed by atoms with Gasteiger partial charge >= 0.3 is 0 Å². The number of nitrogens with one attached hydrogen (secondary N) is 1. The van der Waals surface area contributed by atoms with Gasteiger partial charge < -0.3 is 19.5 Å². The quantitative estimate of drug-likeness (QED) is 0.841. The zero-order chi connectivity index (χ0) is 15.9. The third-order valence-electron chi connectivity index (χ3n) is 4.16. The Labute approximate surface area is 131 Å². The predicted molar refractivity (Wildman–Crippen MR) is 84.5 cm³/mol. The zero-order valence-electron chi connectivity index (χ0n) is 13.6. The first-order chi connectivity index (χ1) is 10.7. The maximum atomic E-state index is 12.0. The van der Waals surface area contributed by atoms with Gasteiger partial charge in [-0.25, -0.2) is 0 Å². The van der Waals surface area contributed by atoms with Crippen molar-refractivity contribution in [3.8, 4) is 17.2 Å². The second-order valence-electron chi connectivity index (χ2n) is 5.66. The van der Waals surface area contributed by atoms with Crippen LogP contribution in [0.4, 0.5) is 0 Å². The molecule has 1 aliphatic rings. The predicted octanol–water partition coefficient (Wildman–Crippen LogP) is 2.91. The summed E-state index contributed by atoms with van der Waals surface area (Å²) < 4.78 is 15.9. The number of hydrogen-bond acceptors (Lipinski definition) is 4. The number of rotatable bonds is 7. The van der Waals surface area contributed by atoms with E-state index in [0.29, 0.717) is 36.1 Å². The fourth-order valence-electron chi connectivity index (χ4n) is 2.99. The molecule has 1 N–H and O–H groups in total. The summed E-state index contributed by atoms with van der Waals surface area (Å²) in [4.78, 5) is 12.0. The number of benzene rings is 1. The Hall–Kier alpha value is -1.91. The molecule has 1 saturated carbocycles. The molecule has 0 spiro atoms. The Balaban J connectivity index is 1.98. The molecule has 1 aromatic carbocycles. The van der Waals surface area contributed by atoms with E-state index in [1.54, 1.807) is 21.3 Å². The molecule has 5 heteroatoms. The van der Waals surface area contributed by atoms with Crippen LogP contribution in [0.5, 0.6) is 17.2 Å². The van der Waals surface area contributed by atoms with E-state index in [-0.39, 0.29) is 5.91 Å². The van der Waals surface area contributed by atoms with Gasteiger partial charge in [-0.05, 0) is 36.5 Å². The number of methoxy groups -OCH3 is 3. The Morgan fingerprint density at radius 1 is 1.09 bits per heavy atom. The van der Waals surface area contributed by atoms with Crippen molar-refractivity contribution >= 4 is 5.91 Å². The van der Waals surface area contributed by atoms with Crippen molar-refractivity contribution in [3.05, 3.63) is 17.7 Å². The number of ether oxygens (including phenoxy) is 3. The smallest absolute Gasteiger partial charge is 0.220 e. The molecule has 0 heterocycles. The average molecular weight is 307 g/mol. The van der Waals surface area contributed by atoms with E-state index in [1.807, 2.05) is 12.1 Å². The van der Waals surface area contributed by atoms with Gasteiger partial charge in [-0.2, -0.15) is 0 Å². The van der Waals surface area contributed by atoms with Crippen LogP contribution in [0.25, 0.3) is 0 Å².